The van der Waals surface area contributed by atoms with E-state index in [9.17, 15) is 4.39 Å². The van der Waals surface area contributed by atoms with E-state index in [0.29, 0.717) is 5.56 Å². The summed E-state index contributed by atoms with van der Waals surface area (Å²) < 4.78 is 15.5. The Morgan fingerprint density at radius 2 is 1.86 bits per heavy atom. The van der Waals surface area contributed by atoms with Crippen molar-refractivity contribution in [1.82, 2.24) is 5.32 Å². The van der Waals surface area contributed by atoms with Gasteiger partial charge in [-0.1, -0.05) is 53.2 Å². The number of rotatable bonds is 6. The molecule has 0 aliphatic heterocycles. The quantitative estimate of drug-likeness (QED) is 0.757. The average Bonchev–Trinajstić information content (AvgIpc) is 2.48. The summed E-state index contributed by atoms with van der Waals surface area (Å²) in [5.74, 6) is -0.0942. The minimum Gasteiger partial charge on any atom is -0.310 e. The number of hydrogen-bond acceptors (Lipinski definition) is 1. The highest BCUT2D eigenvalue weighted by Crippen LogP contribution is 2.24. The molecule has 0 aliphatic carbocycles. The predicted octanol–water partition coefficient (Wildman–Crippen LogP) is 5.18. The van der Waals surface area contributed by atoms with Crippen molar-refractivity contribution in [2.75, 3.05) is 6.54 Å². The number of hydrogen-bond donors (Lipinski definition) is 1. The first-order valence-electron chi connectivity index (χ1n) is 7.34. The Morgan fingerprint density at radius 1 is 1.14 bits per heavy atom. The zero-order chi connectivity index (χ0) is 15.2. The smallest absolute Gasteiger partial charge is 0.130 e. The Balaban J connectivity index is 2.25. The maximum atomic E-state index is 14.4. The molecular weight excluding hydrogens is 329 g/mol. The standard InChI is InChI=1S/C18H21BrFN/c1-3-11-21-17(12-14-7-9-15(19)10-8-14)16-6-4-5-13(2)18(16)20/h4-10,17,21H,3,11-12H2,1-2H3. The van der Waals surface area contributed by atoms with Gasteiger partial charge in [-0.25, -0.2) is 4.39 Å². The van der Waals surface area contributed by atoms with Crippen LogP contribution in [0.1, 0.15) is 36.1 Å². The lowest BCUT2D eigenvalue weighted by Crippen LogP contribution is -2.25. The second-order valence-electron chi connectivity index (χ2n) is 5.32. The van der Waals surface area contributed by atoms with Crippen molar-refractivity contribution in [3.05, 3.63) is 69.4 Å². The van der Waals surface area contributed by atoms with Crippen molar-refractivity contribution >= 4 is 15.9 Å². The molecule has 0 radical (unpaired) electrons. The third-order valence-electron chi connectivity index (χ3n) is 3.59. The minimum atomic E-state index is -0.0942. The summed E-state index contributed by atoms with van der Waals surface area (Å²) >= 11 is 3.44. The lowest BCUT2D eigenvalue weighted by molar-refractivity contribution is 0.494. The largest absolute Gasteiger partial charge is 0.310 e. The fraction of sp³-hybridized carbons (Fsp3) is 0.333. The highest BCUT2D eigenvalue weighted by Gasteiger charge is 2.16. The van der Waals surface area contributed by atoms with Crippen molar-refractivity contribution < 1.29 is 4.39 Å². The van der Waals surface area contributed by atoms with Crippen LogP contribution < -0.4 is 5.32 Å². The molecule has 0 spiro atoms. The SMILES string of the molecule is CCCNC(Cc1ccc(Br)cc1)c1cccc(C)c1F. The Labute approximate surface area is 134 Å². The molecule has 0 amide bonds. The van der Waals surface area contributed by atoms with Crippen LogP contribution in [0.5, 0.6) is 0 Å². The highest BCUT2D eigenvalue weighted by molar-refractivity contribution is 9.10. The molecule has 0 fully saturated rings. The zero-order valence-corrected chi connectivity index (χ0v) is 14.1. The fourth-order valence-electron chi connectivity index (χ4n) is 2.41. The number of nitrogens with one attached hydrogen (secondary N) is 1. The summed E-state index contributed by atoms with van der Waals surface area (Å²) in [6.45, 7) is 4.82. The van der Waals surface area contributed by atoms with Crippen LogP contribution >= 0.6 is 15.9 Å². The Morgan fingerprint density at radius 3 is 2.52 bits per heavy atom. The second kappa shape index (κ2) is 7.71. The molecule has 0 aliphatic rings. The Bertz CT molecular complexity index is 580. The van der Waals surface area contributed by atoms with Crippen LogP contribution in [0.2, 0.25) is 0 Å². The molecule has 0 bridgehead atoms. The van der Waals surface area contributed by atoms with Crippen molar-refractivity contribution in [1.29, 1.82) is 0 Å². The van der Waals surface area contributed by atoms with Crippen molar-refractivity contribution in [3.8, 4) is 0 Å². The third-order valence-corrected chi connectivity index (χ3v) is 4.12. The van der Waals surface area contributed by atoms with Crippen molar-refractivity contribution in [3.63, 3.8) is 0 Å². The van der Waals surface area contributed by atoms with E-state index < -0.39 is 0 Å². The highest BCUT2D eigenvalue weighted by atomic mass is 79.9. The molecule has 21 heavy (non-hydrogen) atoms. The first-order valence-corrected chi connectivity index (χ1v) is 8.14. The molecule has 0 heterocycles. The van der Waals surface area contributed by atoms with Gasteiger partial charge in [0.05, 0.1) is 0 Å². The molecule has 2 rings (SSSR count). The molecule has 0 saturated carbocycles. The monoisotopic (exact) mass is 349 g/mol. The van der Waals surface area contributed by atoms with Crippen LogP contribution in [0.15, 0.2) is 46.9 Å². The van der Waals surface area contributed by atoms with Crippen LogP contribution in [0.3, 0.4) is 0 Å². The molecule has 3 heteroatoms. The normalized spacial score (nSPS) is 12.4. The van der Waals surface area contributed by atoms with E-state index in [0.717, 1.165) is 29.4 Å². The van der Waals surface area contributed by atoms with Gasteiger partial charge in [-0.05, 0) is 49.6 Å². The average molecular weight is 350 g/mol. The number of aryl methyl sites for hydroxylation is 1. The molecule has 1 nitrogen and oxygen atoms in total. The van der Waals surface area contributed by atoms with Gasteiger partial charge < -0.3 is 5.32 Å². The summed E-state index contributed by atoms with van der Waals surface area (Å²) in [4.78, 5) is 0. The van der Waals surface area contributed by atoms with E-state index in [1.807, 2.05) is 37.3 Å². The van der Waals surface area contributed by atoms with E-state index in [1.54, 1.807) is 0 Å². The molecule has 2 aromatic rings. The molecule has 2 aromatic carbocycles. The minimum absolute atomic E-state index is 0.00558. The van der Waals surface area contributed by atoms with E-state index in [-0.39, 0.29) is 11.9 Å². The second-order valence-corrected chi connectivity index (χ2v) is 6.23. The van der Waals surface area contributed by atoms with Crippen LogP contribution in [0.25, 0.3) is 0 Å². The van der Waals surface area contributed by atoms with Crippen LogP contribution in [0, 0.1) is 12.7 Å². The van der Waals surface area contributed by atoms with E-state index in [1.165, 1.54) is 5.56 Å². The van der Waals surface area contributed by atoms with E-state index in [2.05, 4.69) is 40.3 Å². The summed E-state index contributed by atoms with van der Waals surface area (Å²) in [5, 5.41) is 3.47. The molecule has 0 saturated heterocycles. The predicted molar refractivity (Wildman–Crippen MR) is 90.0 cm³/mol. The van der Waals surface area contributed by atoms with Gasteiger partial charge in [-0.2, -0.15) is 0 Å². The Kier molecular flexibility index (Phi) is 5.95. The summed E-state index contributed by atoms with van der Waals surface area (Å²) in [5.41, 5.74) is 2.66. The van der Waals surface area contributed by atoms with Gasteiger partial charge in [0.2, 0.25) is 0 Å². The van der Waals surface area contributed by atoms with Crippen molar-refractivity contribution in [2.45, 2.75) is 32.7 Å². The van der Waals surface area contributed by atoms with E-state index in [4.69, 9.17) is 0 Å². The van der Waals surface area contributed by atoms with Gasteiger partial charge in [0.15, 0.2) is 0 Å². The fourth-order valence-corrected chi connectivity index (χ4v) is 2.67. The summed E-state index contributed by atoms with van der Waals surface area (Å²) in [6.07, 6.45) is 1.82. The molecule has 1 N–H and O–H groups in total. The van der Waals surface area contributed by atoms with Gasteiger partial charge in [0.1, 0.15) is 5.82 Å². The number of halogens is 2. The lowest BCUT2D eigenvalue weighted by Gasteiger charge is -2.20. The van der Waals surface area contributed by atoms with Crippen molar-refractivity contribution in [2.24, 2.45) is 0 Å². The molecule has 0 aromatic heterocycles. The topological polar surface area (TPSA) is 12.0 Å². The zero-order valence-electron chi connectivity index (χ0n) is 12.5. The first-order chi connectivity index (χ1) is 10.1. The van der Waals surface area contributed by atoms with Gasteiger partial charge in [0.25, 0.3) is 0 Å². The first kappa shape index (κ1) is 16.2. The van der Waals surface area contributed by atoms with Crippen LogP contribution in [-0.2, 0) is 6.42 Å². The maximum Gasteiger partial charge on any atom is 0.130 e. The molecular formula is C18H21BrFN. The lowest BCUT2D eigenvalue weighted by atomic mass is 9.96. The third kappa shape index (κ3) is 4.39. The van der Waals surface area contributed by atoms with E-state index >= 15 is 0 Å². The van der Waals surface area contributed by atoms with Crippen LogP contribution in [-0.4, -0.2) is 6.54 Å². The molecule has 112 valence electrons. The van der Waals surface area contributed by atoms with Gasteiger partial charge >= 0.3 is 0 Å². The summed E-state index contributed by atoms with van der Waals surface area (Å²) in [7, 11) is 0. The summed E-state index contributed by atoms with van der Waals surface area (Å²) in [6, 6.07) is 13.8. The van der Waals surface area contributed by atoms with Gasteiger partial charge in [-0.15, -0.1) is 0 Å². The van der Waals surface area contributed by atoms with Gasteiger partial charge in [0, 0.05) is 16.1 Å². The molecule has 1 unspecified atom stereocenters. The molecule has 1 atom stereocenters. The Hall–Kier alpha value is -1.19. The van der Waals surface area contributed by atoms with Crippen LogP contribution in [0.4, 0.5) is 4.39 Å². The number of benzene rings is 2. The van der Waals surface area contributed by atoms with Gasteiger partial charge in [-0.3, -0.25) is 0 Å². The maximum absolute atomic E-state index is 14.4.